The Labute approximate surface area is 177 Å². The zero-order valence-electron chi connectivity index (χ0n) is 15.3. The second-order valence-corrected chi connectivity index (χ2v) is 7.62. The van der Waals surface area contributed by atoms with Gasteiger partial charge in [0.05, 0.1) is 22.4 Å². The van der Waals surface area contributed by atoms with E-state index in [1.807, 2.05) is 45.6 Å². The summed E-state index contributed by atoms with van der Waals surface area (Å²) in [6, 6.07) is 15.4. The van der Waals surface area contributed by atoms with Gasteiger partial charge in [-0.1, -0.05) is 28.1 Å². The molecule has 0 saturated heterocycles. The molecule has 0 aliphatic heterocycles. The van der Waals surface area contributed by atoms with E-state index < -0.39 is 4.92 Å². The lowest BCUT2D eigenvalue weighted by molar-refractivity contribution is -0.384. The lowest BCUT2D eigenvalue weighted by Crippen LogP contribution is -2.24. The average Bonchev–Trinajstić information content (AvgIpc) is 3.41. The fraction of sp³-hybridized carbons (Fsp3) is 0.0500. The molecule has 5 rings (SSSR count). The molecule has 5 aromatic rings. The minimum atomic E-state index is -0.455. The van der Waals surface area contributed by atoms with Crippen LogP contribution in [-0.4, -0.2) is 28.7 Å². The molecule has 0 spiro atoms. The number of aromatic nitrogens is 5. The Morgan fingerprint density at radius 2 is 1.77 bits per heavy atom. The van der Waals surface area contributed by atoms with Gasteiger partial charge in [0.1, 0.15) is 0 Å². The molecular formula is C20H13BrN6O3. The summed E-state index contributed by atoms with van der Waals surface area (Å²) in [6.07, 6.45) is 3.71. The number of non-ortho nitro benzene ring substituents is 1. The van der Waals surface area contributed by atoms with Crippen molar-refractivity contribution in [2.24, 2.45) is 0 Å². The molecule has 0 radical (unpaired) electrons. The Balaban J connectivity index is 1.77. The van der Waals surface area contributed by atoms with Crippen molar-refractivity contribution in [1.82, 2.24) is 23.7 Å². The fourth-order valence-electron chi connectivity index (χ4n) is 3.45. The van der Waals surface area contributed by atoms with Crippen LogP contribution in [0.3, 0.4) is 0 Å². The van der Waals surface area contributed by atoms with E-state index in [0.717, 1.165) is 10.0 Å². The molecular weight excluding hydrogens is 452 g/mol. The van der Waals surface area contributed by atoms with Crippen LogP contribution in [-0.2, 0) is 6.54 Å². The number of benzene rings is 2. The number of hydrogen-bond acceptors (Lipinski definition) is 5. The molecule has 0 aliphatic rings. The van der Waals surface area contributed by atoms with E-state index in [4.69, 9.17) is 0 Å². The molecule has 9 nitrogen and oxygen atoms in total. The second kappa shape index (κ2) is 6.92. The van der Waals surface area contributed by atoms with Gasteiger partial charge in [-0.05, 0) is 35.9 Å². The molecule has 3 heterocycles. The summed E-state index contributed by atoms with van der Waals surface area (Å²) in [5.41, 5.74) is 1.20. The number of nitrogens with zero attached hydrogens (tertiary/aromatic N) is 6. The van der Waals surface area contributed by atoms with Crippen molar-refractivity contribution in [1.29, 1.82) is 0 Å². The summed E-state index contributed by atoms with van der Waals surface area (Å²) in [6.45, 7) is 0.201. The molecule has 0 aliphatic carbocycles. The van der Waals surface area contributed by atoms with Crippen molar-refractivity contribution in [3.8, 4) is 5.95 Å². The van der Waals surface area contributed by atoms with Gasteiger partial charge in [0.25, 0.3) is 11.2 Å². The molecule has 2 aromatic carbocycles. The summed E-state index contributed by atoms with van der Waals surface area (Å²) >= 11 is 3.43. The Kier molecular flexibility index (Phi) is 4.21. The quantitative estimate of drug-likeness (QED) is 0.299. The summed E-state index contributed by atoms with van der Waals surface area (Å²) in [5, 5.41) is 20.0. The average molecular weight is 465 g/mol. The number of fused-ring (bicyclic) bond motifs is 3. The van der Waals surface area contributed by atoms with Gasteiger partial charge in [-0.3, -0.25) is 24.0 Å². The molecule has 0 N–H and O–H groups in total. The number of nitro groups is 1. The number of nitro benzene ring substituents is 1. The molecule has 0 saturated carbocycles. The van der Waals surface area contributed by atoms with Gasteiger partial charge >= 0.3 is 0 Å². The van der Waals surface area contributed by atoms with Crippen LogP contribution in [0, 0.1) is 10.1 Å². The predicted molar refractivity (Wildman–Crippen MR) is 114 cm³/mol. The van der Waals surface area contributed by atoms with Crippen molar-refractivity contribution in [2.75, 3.05) is 0 Å². The van der Waals surface area contributed by atoms with Crippen molar-refractivity contribution in [3.05, 3.63) is 97.5 Å². The lowest BCUT2D eigenvalue weighted by Gasteiger charge is -2.12. The van der Waals surface area contributed by atoms with Gasteiger partial charge in [-0.25, -0.2) is 4.40 Å². The SMILES string of the molecule is O=c1c2cc(Br)ccc2n2c(-n3cccc3)nnc2n1Cc1ccc([N+](=O)[O-])cc1. The first-order valence-corrected chi connectivity index (χ1v) is 9.76. The van der Waals surface area contributed by atoms with E-state index in [2.05, 4.69) is 26.1 Å². The molecule has 0 bridgehead atoms. The van der Waals surface area contributed by atoms with Crippen LogP contribution >= 0.6 is 15.9 Å². The largest absolute Gasteiger partial charge is 0.293 e. The lowest BCUT2D eigenvalue weighted by atomic mass is 10.2. The monoisotopic (exact) mass is 464 g/mol. The summed E-state index contributed by atoms with van der Waals surface area (Å²) in [5.74, 6) is 0.941. The van der Waals surface area contributed by atoms with E-state index in [1.54, 1.807) is 18.2 Å². The van der Waals surface area contributed by atoms with Crippen LogP contribution in [0.5, 0.6) is 0 Å². The Hall–Kier alpha value is -3.79. The van der Waals surface area contributed by atoms with Gasteiger partial charge in [0.2, 0.25) is 11.7 Å². The summed E-state index contributed by atoms with van der Waals surface area (Å²) < 4.78 is 5.95. The number of hydrogen-bond donors (Lipinski definition) is 0. The highest BCUT2D eigenvalue weighted by atomic mass is 79.9. The van der Waals surface area contributed by atoms with E-state index in [0.29, 0.717) is 22.6 Å². The maximum absolute atomic E-state index is 13.3. The van der Waals surface area contributed by atoms with Gasteiger partial charge in [0, 0.05) is 29.0 Å². The molecule has 148 valence electrons. The topological polar surface area (TPSA) is 100 Å². The highest BCUT2D eigenvalue weighted by molar-refractivity contribution is 9.10. The van der Waals surface area contributed by atoms with Gasteiger partial charge in [0.15, 0.2) is 0 Å². The van der Waals surface area contributed by atoms with E-state index in [-0.39, 0.29) is 17.8 Å². The van der Waals surface area contributed by atoms with Gasteiger partial charge < -0.3 is 0 Å². The Bertz CT molecular complexity index is 1470. The normalized spacial score (nSPS) is 11.4. The molecule has 30 heavy (non-hydrogen) atoms. The third-order valence-corrected chi connectivity index (χ3v) is 5.36. The van der Waals surface area contributed by atoms with Crippen LogP contribution in [0.25, 0.3) is 22.6 Å². The zero-order valence-corrected chi connectivity index (χ0v) is 16.9. The summed E-state index contributed by atoms with van der Waals surface area (Å²) in [4.78, 5) is 23.8. The van der Waals surface area contributed by atoms with E-state index in [1.165, 1.54) is 16.7 Å². The highest BCUT2D eigenvalue weighted by Gasteiger charge is 2.18. The second-order valence-electron chi connectivity index (χ2n) is 6.70. The predicted octanol–water partition coefficient (Wildman–Crippen LogP) is 3.55. The van der Waals surface area contributed by atoms with Crippen molar-refractivity contribution in [2.45, 2.75) is 6.54 Å². The van der Waals surface area contributed by atoms with Gasteiger partial charge in [-0.15, -0.1) is 10.2 Å². The van der Waals surface area contributed by atoms with Gasteiger partial charge in [-0.2, -0.15) is 0 Å². The first-order chi connectivity index (χ1) is 14.5. The zero-order chi connectivity index (χ0) is 20.8. The molecule has 0 unspecified atom stereocenters. The van der Waals surface area contributed by atoms with Crippen LogP contribution in [0.2, 0.25) is 0 Å². The van der Waals surface area contributed by atoms with E-state index in [9.17, 15) is 14.9 Å². The third kappa shape index (κ3) is 2.89. The Morgan fingerprint density at radius 3 is 2.47 bits per heavy atom. The molecule has 0 fully saturated rings. The minimum absolute atomic E-state index is 0.00365. The minimum Gasteiger partial charge on any atom is -0.293 e. The van der Waals surface area contributed by atoms with Crippen molar-refractivity contribution < 1.29 is 4.92 Å². The van der Waals surface area contributed by atoms with Crippen LogP contribution < -0.4 is 5.56 Å². The number of halogens is 1. The van der Waals surface area contributed by atoms with E-state index >= 15 is 0 Å². The molecule has 0 amide bonds. The molecule has 10 heteroatoms. The van der Waals surface area contributed by atoms with Crippen LogP contribution in [0.15, 0.2) is 76.3 Å². The van der Waals surface area contributed by atoms with Crippen molar-refractivity contribution in [3.63, 3.8) is 0 Å². The third-order valence-electron chi connectivity index (χ3n) is 4.87. The highest BCUT2D eigenvalue weighted by Crippen LogP contribution is 2.22. The fourth-order valence-corrected chi connectivity index (χ4v) is 3.81. The molecule has 3 aromatic heterocycles. The molecule has 0 atom stereocenters. The van der Waals surface area contributed by atoms with Crippen LogP contribution in [0.4, 0.5) is 5.69 Å². The first-order valence-electron chi connectivity index (χ1n) is 8.97. The maximum Gasteiger partial charge on any atom is 0.269 e. The van der Waals surface area contributed by atoms with Crippen molar-refractivity contribution >= 4 is 38.3 Å². The standard InChI is InChI=1S/C20H13BrN6O3/c21-14-5-8-17-16(11-14)18(28)25(12-13-3-6-15(7-4-13)27(29)30)20-23-22-19(26(17)20)24-9-1-2-10-24/h1-11H,12H2. The van der Waals surface area contributed by atoms with Crippen LogP contribution in [0.1, 0.15) is 5.56 Å². The number of rotatable bonds is 4. The Morgan fingerprint density at radius 1 is 1.03 bits per heavy atom. The first kappa shape index (κ1) is 18.3. The maximum atomic E-state index is 13.3. The summed E-state index contributed by atoms with van der Waals surface area (Å²) in [7, 11) is 0. The smallest absolute Gasteiger partial charge is 0.269 e.